The van der Waals surface area contributed by atoms with E-state index in [2.05, 4.69) is 20.9 Å². The molecule has 0 saturated carbocycles. The van der Waals surface area contributed by atoms with Crippen LogP contribution in [0.25, 0.3) is 27.5 Å². The van der Waals surface area contributed by atoms with Crippen LogP contribution in [0.15, 0.2) is 80.8 Å². The number of rotatable bonds is 4. The number of nitrogens with two attached hydrogens (primary N) is 1. The van der Waals surface area contributed by atoms with E-state index in [1.165, 1.54) is 4.90 Å². The van der Waals surface area contributed by atoms with Crippen LogP contribution in [0.4, 0.5) is 5.69 Å². The predicted molar refractivity (Wildman–Crippen MR) is 141 cm³/mol. The van der Waals surface area contributed by atoms with Crippen molar-refractivity contribution in [2.75, 3.05) is 19.8 Å². The second-order valence-electron chi connectivity index (χ2n) is 8.51. The summed E-state index contributed by atoms with van der Waals surface area (Å²) in [6.07, 6.45) is 0. The molecule has 0 aliphatic heterocycles. The van der Waals surface area contributed by atoms with Gasteiger partial charge >= 0.3 is 5.69 Å². The Labute approximate surface area is 208 Å². The average Bonchev–Trinajstić information content (AvgIpc) is 3.11. The zero-order valence-electron chi connectivity index (χ0n) is 19.1. The Kier molecular flexibility index (Phi) is 5.56. The molecule has 5 aromatic rings. The molecule has 3 N–H and O–H groups in total. The maximum Gasteiger partial charge on any atom is 0.333 e. The number of nitrogens with one attached hydrogen (secondary N) is 1. The van der Waals surface area contributed by atoms with Gasteiger partial charge in [0.15, 0.2) is 0 Å². The second kappa shape index (κ2) is 8.59. The largest absolute Gasteiger partial charge is 0.399 e. The highest BCUT2D eigenvalue weighted by atomic mass is 79.9. The normalized spacial score (nSPS) is 11.3. The number of para-hydroxylation sites is 1. The molecule has 5 rings (SSSR count). The zero-order chi connectivity index (χ0) is 24.9. The van der Waals surface area contributed by atoms with E-state index < -0.39 is 11.2 Å². The van der Waals surface area contributed by atoms with Gasteiger partial charge in [0.25, 0.3) is 11.5 Å². The van der Waals surface area contributed by atoms with Gasteiger partial charge in [0.1, 0.15) is 5.69 Å². The minimum atomic E-state index is -0.621. The summed E-state index contributed by atoms with van der Waals surface area (Å²) in [7, 11) is 3.27. The molecule has 0 saturated heterocycles. The van der Waals surface area contributed by atoms with Crippen LogP contribution >= 0.6 is 15.9 Å². The predicted octanol–water partition coefficient (Wildman–Crippen LogP) is 3.73. The van der Waals surface area contributed by atoms with Crippen molar-refractivity contribution in [3.05, 3.63) is 103 Å². The van der Waals surface area contributed by atoms with Crippen molar-refractivity contribution in [2.24, 2.45) is 0 Å². The second-order valence-corrected chi connectivity index (χ2v) is 9.42. The lowest BCUT2D eigenvalue weighted by atomic mass is 10.2. The van der Waals surface area contributed by atoms with E-state index in [1.54, 1.807) is 44.4 Å². The maximum atomic E-state index is 13.6. The Balaban J connectivity index is 1.93. The van der Waals surface area contributed by atoms with Gasteiger partial charge in [-0.15, -0.1) is 0 Å². The molecule has 2 heterocycles. The number of H-pyrrole nitrogens is 1. The number of aromatic amines is 1. The number of fused-ring (bicyclic) bond motifs is 2. The summed E-state index contributed by atoms with van der Waals surface area (Å²) in [5.41, 5.74) is 7.96. The summed E-state index contributed by atoms with van der Waals surface area (Å²) < 4.78 is 3.64. The lowest BCUT2D eigenvalue weighted by Gasteiger charge is -2.16. The molecule has 176 valence electrons. The molecule has 0 spiro atoms. The van der Waals surface area contributed by atoms with Gasteiger partial charge in [0, 0.05) is 36.2 Å². The molecule has 8 nitrogen and oxygen atoms in total. The fraction of sp³-hybridized carbons (Fsp3) is 0.115. The van der Waals surface area contributed by atoms with Crippen molar-refractivity contribution in [3.8, 4) is 5.69 Å². The Morgan fingerprint density at radius 3 is 2.51 bits per heavy atom. The average molecular weight is 532 g/mol. The van der Waals surface area contributed by atoms with Crippen LogP contribution in [0.5, 0.6) is 0 Å². The van der Waals surface area contributed by atoms with Crippen molar-refractivity contribution in [1.29, 1.82) is 0 Å². The van der Waals surface area contributed by atoms with Crippen LogP contribution in [0.2, 0.25) is 0 Å². The van der Waals surface area contributed by atoms with Gasteiger partial charge in [-0.1, -0.05) is 40.2 Å². The smallest absolute Gasteiger partial charge is 0.333 e. The summed E-state index contributed by atoms with van der Waals surface area (Å²) >= 11 is 3.50. The summed E-state index contributed by atoms with van der Waals surface area (Å²) in [5, 5.41) is 0.943. The van der Waals surface area contributed by atoms with E-state index in [4.69, 9.17) is 5.73 Å². The van der Waals surface area contributed by atoms with Crippen molar-refractivity contribution in [1.82, 2.24) is 19.0 Å². The van der Waals surface area contributed by atoms with Gasteiger partial charge < -0.3 is 20.2 Å². The third-order valence-electron chi connectivity index (χ3n) is 5.93. The molecular weight excluding hydrogens is 510 g/mol. The van der Waals surface area contributed by atoms with Gasteiger partial charge in [-0.2, -0.15) is 0 Å². The van der Waals surface area contributed by atoms with Gasteiger partial charge in [0.2, 0.25) is 0 Å². The molecule has 3 aromatic carbocycles. The number of carbonyl (C=O) groups is 1. The van der Waals surface area contributed by atoms with E-state index in [9.17, 15) is 14.4 Å². The lowest BCUT2D eigenvalue weighted by molar-refractivity contribution is 0.0818. The third-order valence-corrected chi connectivity index (χ3v) is 6.42. The Hall–Kier alpha value is -4.11. The van der Waals surface area contributed by atoms with Crippen LogP contribution < -0.4 is 17.0 Å². The molecule has 0 bridgehead atoms. The van der Waals surface area contributed by atoms with Gasteiger partial charge in [-0.05, 0) is 48.0 Å². The molecule has 1 amide bonds. The Bertz CT molecular complexity index is 1750. The highest BCUT2D eigenvalue weighted by Crippen LogP contribution is 2.32. The van der Waals surface area contributed by atoms with E-state index in [0.717, 1.165) is 14.6 Å². The summed E-state index contributed by atoms with van der Waals surface area (Å²) in [5.74, 6) is -0.337. The first-order valence-electron chi connectivity index (χ1n) is 10.9. The summed E-state index contributed by atoms with van der Waals surface area (Å²) in [6, 6.07) is 19.7. The number of hydrogen-bond acceptors (Lipinski definition) is 4. The standard InChI is InChI=1S/C26H22BrN5O3/c1-30(2)25(34)23-22(32-24(33)18-8-3-4-9-20(18)29-26(32)35)19-13-16(27)10-11-21(19)31(23)14-15-6-5-7-17(28)12-15/h3-13H,14,28H2,1-2H3,(H,29,35). The quantitative estimate of drug-likeness (QED) is 0.344. The molecule has 2 aromatic heterocycles. The number of hydrogen-bond donors (Lipinski definition) is 2. The fourth-order valence-electron chi connectivity index (χ4n) is 4.37. The van der Waals surface area contributed by atoms with Gasteiger partial charge in [-0.3, -0.25) is 9.59 Å². The van der Waals surface area contributed by atoms with E-state index in [-0.39, 0.29) is 17.3 Å². The highest BCUT2D eigenvalue weighted by molar-refractivity contribution is 9.10. The van der Waals surface area contributed by atoms with Crippen molar-refractivity contribution < 1.29 is 4.79 Å². The number of halogens is 1. The van der Waals surface area contributed by atoms with Crippen molar-refractivity contribution >= 4 is 49.3 Å². The molecule has 9 heteroatoms. The minimum absolute atomic E-state index is 0.230. The molecule has 0 radical (unpaired) electrons. The topological polar surface area (TPSA) is 106 Å². The van der Waals surface area contributed by atoms with E-state index >= 15 is 0 Å². The zero-order valence-corrected chi connectivity index (χ0v) is 20.7. The summed E-state index contributed by atoms with van der Waals surface area (Å²) in [4.78, 5) is 44.7. The van der Waals surface area contributed by atoms with Crippen LogP contribution in [0.3, 0.4) is 0 Å². The van der Waals surface area contributed by atoms with Gasteiger partial charge in [-0.25, -0.2) is 9.36 Å². The Morgan fingerprint density at radius 1 is 1.00 bits per heavy atom. The number of anilines is 1. The first kappa shape index (κ1) is 22.7. The minimum Gasteiger partial charge on any atom is -0.399 e. The molecule has 0 unspecified atom stereocenters. The first-order valence-corrected chi connectivity index (χ1v) is 11.7. The number of nitrogen functional groups attached to an aromatic ring is 1. The van der Waals surface area contributed by atoms with E-state index in [0.29, 0.717) is 34.0 Å². The molecule has 0 fully saturated rings. The van der Waals surface area contributed by atoms with Crippen LogP contribution in [-0.2, 0) is 6.54 Å². The fourth-order valence-corrected chi connectivity index (χ4v) is 4.73. The number of carbonyl (C=O) groups excluding carboxylic acids is 1. The van der Waals surface area contributed by atoms with Crippen LogP contribution in [-0.4, -0.2) is 39.0 Å². The van der Waals surface area contributed by atoms with Crippen molar-refractivity contribution in [3.63, 3.8) is 0 Å². The van der Waals surface area contributed by atoms with Crippen molar-refractivity contribution in [2.45, 2.75) is 6.54 Å². The number of aromatic nitrogens is 3. The highest BCUT2D eigenvalue weighted by Gasteiger charge is 2.28. The first-order chi connectivity index (χ1) is 16.8. The molecule has 0 aliphatic carbocycles. The molecule has 0 aliphatic rings. The van der Waals surface area contributed by atoms with Crippen LogP contribution in [0.1, 0.15) is 16.1 Å². The third kappa shape index (κ3) is 3.83. The molecule has 35 heavy (non-hydrogen) atoms. The lowest BCUT2D eigenvalue weighted by Crippen LogP contribution is -2.36. The molecular formula is C26H22BrN5O3. The Morgan fingerprint density at radius 2 is 1.77 bits per heavy atom. The maximum absolute atomic E-state index is 13.6. The van der Waals surface area contributed by atoms with E-state index in [1.807, 2.05) is 41.0 Å². The summed E-state index contributed by atoms with van der Waals surface area (Å²) in [6.45, 7) is 0.318. The van der Waals surface area contributed by atoms with Crippen LogP contribution in [0, 0.1) is 0 Å². The SMILES string of the molecule is CN(C)C(=O)c1c(-n2c(=O)[nH]c3ccccc3c2=O)c2cc(Br)ccc2n1Cc1cccc(N)c1. The number of amides is 1. The number of benzene rings is 3. The number of nitrogens with zero attached hydrogens (tertiary/aromatic N) is 3. The van der Waals surface area contributed by atoms with Gasteiger partial charge in [0.05, 0.1) is 22.1 Å². The molecule has 0 atom stereocenters. The monoisotopic (exact) mass is 531 g/mol.